The van der Waals surface area contributed by atoms with E-state index in [0.29, 0.717) is 13.1 Å². The summed E-state index contributed by atoms with van der Waals surface area (Å²) in [5.74, 6) is -1.69. The number of hydrogen-bond donors (Lipinski definition) is 2. The predicted octanol–water partition coefficient (Wildman–Crippen LogP) is 0.470. The second-order valence-corrected chi connectivity index (χ2v) is 6.81. The van der Waals surface area contributed by atoms with E-state index in [9.17, 15) is 14.4 Å². The van der Waals surface area contributed by atoms with Gasteiger partial charge in [-0.1, -0.05) is 27.7 Å². The smallest absolute Gasteiger partial charge is 0.305 e. The molecule has 1 saturated heterocycles. The van der Waals surface area contributed by atoms with Gasteiger partial charge in [-0.2, -0.15) is 0 Å². The van der Waals surface area contributed by atoms with Crippen LogP contribution in [0.1, 0.15) is 34.1 Å². The van der Waals surface area contributed by atoms with E-state index in [1.54, 1.807) is 0 Å². The van der Waals surface area contributed by atoms with Crippen molar-refractivity contribution in [3.63, 3.8) is 0 Å². The Morgan fingerprint density at radius 1 is 1.30 bits per heavy atom. The van der Waals surface area contributed by atoms with Crippen molar-refractivity contribution in [3.05, 3.63) is 0 Å². The van der Waals surface area contributed by atoms with Gasteiger partial charge in [-0.05, 0) is 10.8 Å². The number of nitrogens with zero attached hydrogens (tertiary/aromatic N) is 1. The Hall–Kier alpha value is -1.59. The van der Waals surface area contributed by atoms with Crippen LogP contribution in [0.3, 0.4) is 0 Å². The average molecular weight is 282 g/mol. The fraction of sp³-hybridized carbons (Fsp3) is 0.786. The molecule has 1 aliphatic carbocycles. The zero-order chi connectivity index (χ0) is 15.3. The fourth-order valence-electron chi connectivity index (χ4n) is 3.33. The van der Waals surface area contributed by atoms with Crippen LogP contribution in [0.25, 0.3) is 0 Å². The molecule has 1 aliphatic heterocycles. The second kappa shape index (κ2) is 4.46. The Balaban J connectivity index is 2.19. The van der Waals surface area contributed by atoms with Crippen LogP contribution in [0, 0.1) is 16.7 Å². The normalized spacial score (nSPS) is 27.9. The molecule has 0 aromatic carbocycles. The third-order valence-electron chi connectivity index (χ3n) is 5.25. The average Bonchev–Trinajstić information content (AvgIpc) is 2.71. The molecule has 2 aliphatic rings. The summed E-state index contributed by atoms with van der Waals surface area (Å²) in [6.45, 7) is 8.90. The first-order valence-corrected chi connectivity index (χ1v) is 6.90. The highest BCUT2D eigenvalue weighted by atomic mass is 16.4. The maximum absolute atomic E-state index is 12.7. The van der Waals surface area contributed by atoms with Gasteiger partial charge in [0.15, 0.2) is 0 Å². The van der Waals surface area contributed by atoms with E-state index in [1.165, 1.54) is 4.90 Å². The molecule has 112 valence electrons. The Labute approximate surface area is 118 Å². The highest BCUT2D eigenvalue weighted by Crippen LogP contribution is 2.68. The van der Waals surface area contributed by atoms with Gasteiger partial charge >= 0.3 is 5.97 Å². The van der Waals surface area contributed by atoms with Crippen molar-refractivity contribution >= 4 is 17.8 Å². The second-order valence-electron chi connectivity index (χ2n) is 6.81. The minimum Gasteiger partial charge on any atom is -0.481 e. The summed E-state index contributed by atoms with van der Waals surface area (Å²) in [6.07, 6.45) is -0.342. The molecule has 1 heterocycles. The number of carboxylic acids is 1. The summed E-state index contributed by atoms with van der Waals surface area (Å²) < 4.78 is 0. The third-order valence-corrected chi connectivity index (χ3v) is 5.25. The number of amides is 2. The van der Waals surface area contributed by atoms with Gasteiger partial charge in [0.25, 0.3) is 0 Å². The van der Waals surface area contributed by atoms with E-state index in [2.05, 4.69) is 5.32 Å². The quantitative estimate of drug-likeness (QED) is 0.788. The molecule has 2 N–H and O–H groups in total. The van der Waals surface area contributed by atoms with Gasteiger partial charge in [-0.15, -0.1) is 0 Å². The van der Waals surface area contributed by atoms with Crippen LogP contribution in [0.2, 0.25) is 0 Å². The largest absolute Gasteiger partial charge is 0.481 e. The maximum atomic E-state index is 12.7. The van der Waals surface area contributed by atoms with Gasteiger partial charge in [-0.3, -0.25) is 14.4 Å². The van der Waals surface area contributed by atoms with Crippen LogP contribution in [0.15, 0.2) is 0 Å². The zero-order valence-corrected chi connectivity index (χ0v) is 12.4. The predicted molar refractivity (Wildman–Crippen MR) is 71.8 cm³/mol. The summed E-state index contributed by atoms with van der Waals surface area (Å²) >= 11 is 0. The van der Waals surface area contributed by atoms with Crippen LogP contribution in [0.4, 0.5) is 0 Å². The highest BCUT2D eigenvalue weighted by Gasteiger charge is 2.69. The molecule has 1 saturated carbocycles. The minimum absolute atomic E-state index is 0.0962. The Kier molecular flexibility index (Phi) is 3.31. The van der Waals surface area contributed by atoms with Gasteiger partial charge < -0.3 is 15.3 Å². The molecule has 0 radical (unpaired) electrons. The van der Waals surface area contributed by atoms with Crippen LogP contribution in [-0.2, 0) is 14.4 Å². The molecular weight excluding hydrogens is 260 g/mol. The lowest BCUT2D eigenvalue weighted by Crippen LogP contribution is -2.58. The van der Waals surface area contributed by atoms with Gasteiger partial charge in [-0.25, -0.2) is 0 Å². The first kappa shape index (κ1) is 14.8. The number of carbonyl (C=O) groups excluding carboxylic acids is 2. The van der Waals surface area contributed by atoms with Gasteiger partial charge in [0.1, 0.15) is 6.04 Å². The van der Waals surface area contributed by atoms with Crippen molar-refractivity contribution in [2.24, 2.45) is 16.7 Å². The number of carboxylic acid groups (broad SMARTS) is 1. The lowest BCUT2D eigenvalue weighted by Gasteiger charge is -2.35. The van der Waals surface area contributed by atoms with Gasteiger partial charge in [0.05, 0.1) is 6.42 Å². The molecule has 0 aromatic rings. The van der Waals surface area contributed by atoms with E-state index in [-0.39, 0.29) is 35.0 Å². The number of piperazine rings is 1. The van der Waals surface area contributed by atoms with Gasteiger partial charge in [0, 0.05) is 19.0 Å². The van der Waals surface area contributed by atoms with E-state index in [4.69, 9.17) is 5.11 Å². The summed E-state index contributed by atoms with van der Waals surface area (Å²) in [7, 11) is 0. The topological polar surface area (TPSA) is 86.7 Å². The van der Waals surface area contributed by atoms with Crippen molar-refractivity contribution in [1.82, 2.24) is 10.2 Å². The van der Waals surface area contributed by atoms with E-state index in [0.717, 1.165) is 0 Å². The maximum Gasteiger partial charge on any atom is 0.305 e. The standard InChI is InChI=1S/C14H22N2O4/c1-13(2)10(14(13,3)4)12(20)16-6-5-15-11(19)8(16)7-9(17)18/h8,10H,5-7H2,1-4H3,(H,15,19)(H,17,18). The fourth-order valence-corrected chi connectivity index (χ4v) is 3.33. The molecule has 0 bridgehead atoms. The molecule has 2 fully saturated rings. The van der Waals surface area contributed by atoms with Crippen LogP contribution < -0.4 is 5.32 Å². The highest BCUT2D eigenvalue weighted by molar-refractivity contribution is 5.93. The van der Waals surface area contributed by atoms with Crippen molar-refractivity contribution < 1.29 is 19.5 Å². The summed E-state index contributed by atoms with van der Waals surface area (Å²) in [5.41, 5.74) is -0.239. The molecule has 6 heteroatoms. The number of carbonyl (C=O) groups is 3. The molecule has 2 rings (SSSR count). The number of aliphatic carboxylic acids is 1. The number of nitrogens with one attached hydrogen (secondary N) is 1. The molecule has 2 amide bonds. The monoisotopic (exact) mass is 282 g/mol. The molecule has 1 atom stereocenters. The molecule has 1 unspecified atom stereocenters. The molecular formula is C14H22N2O4. The van der Waals surface area contributed by atoms with Crippen molar-refractivity contribution in [2.75, 3.05) is 13.1 Å². The molecule has 20 heavy (non-hydrogen) atoms. The lowest BCUT2D eigenvalue weighted by atomic mass is 10.0. The summed E-state index contributed by atoms with van der Waals surface area (Å²) in [5, 5.41) is 11.6. The van der Waals surface area contributed by atoms with Crippen LogP contribution >= 0.6 is 0 Å². The minimum atomic E-state index is -1.07. The van der Waals surface area contributed by atoms with Crippen molar-refractivity contribution in [3.8, 4) is 0 Å². The van der Waals surface area contributed by atoms with E-state index < -0.39 is 12.0 Å². The third kappa shape index (κ3) is 2.07. The first-order valence-electron chi connectivity index (χ1n) is 6.90. The first-order chi connectivity index (χ1) is 9.10. The van der Waals surface area contributed by atoms with E-state index >= 15 is 0 Å². The number of hydrogen-bond acceptors (Lipinski definition) is 3. The van der Waals surface area contributed by atoms with Crippen LogP contribution in [0.5, 0.6) is 0 Å². The Morgan fingerprint density at radius 2 is 1.85 bits per heavy atom. The Bertz CT molecular complexity index is 456. The molecule has 0 aromatic heterocycles. The Morgan fingerprint density at radius 3 is 2.30 bits per heavy atom. The number of rotatable bonds is 3. The van der Waals surface area contributed by atoms with Crippen molar-refractivity contribution in [2.45, 2.75) is 40.2 Å². The van der Waals surface area contributed by atoms with Gasteiger partial charge in [0.2, 0.25) is 11.8 Å². The molecule has 0 spiro atoms. The lowest BCUT2D eigenvalue weighted by molar-refractivity contribution is -0.149. The summed E-state index contributed by atoms with van der Waals surface area (Å²) in [4.78, 5) is 36.9. The molecule has 6 nitrogen and oxygen atoms in total. The van der Waals surface area contributed by atoms with Crippen molar-refractivity contribution in [1.29, 1.82) is 0 Å². The SMILES string of the molecule is CC1(C)C(C(=O)N2CCNC(=O)C2CC(=O)O)C1(C)C. The van der Waals surface area contributed by atoms with Crippen LogP contribution in [-0.4, -0.2) is 46.9 Å². The zero-order valence-electron chi connectivity index (χ0n) is 12.4. The van der Waals surface area contributed by atoms with E-state index in [1.807, 2.05) is 27.7 Å². The summed E-state index contributed by atoms with van der Waals surface area (Å²) in [6, 6.07) is -0.888.